The molecule has 10 heteroatoms. The second kappa shape index (κ2) is 8.11. The molecule has 0 bridgehead atoms. The Bertz CT molecular complexity index is 1140. The van der Waals surface area contributed by atoms with Crippen LogP contribution in [-0.2, 0) is 11.2 Å². The number of aryl methyl sites for hydroxylation is 1. The zero-order valence-electron chi connectivity index (χ0n) is 16.3. The van der Waals surface area contributed by atoms with Gasteiger partial charge in [0.25, 0.3) is 0 Å². The number of rotatable bonds is 6. The fraction of sp³-hybridized carbons (Fsp3) is 0.250. The maximum atomic E-state index is 12.6. The number of nitrogens with one attached hydrogen (secondary N) is 1. The summed E-state index contributed by atoms with van der Waals surface area (Å²) in [5.41, 5.74) is 3.98. The van der Waals surface area contributed by atoms with E-state index < -0.39 is 0 Å². The fourth-order valence-corrected chi connectivity index (χ4v) is 5.24. The number of carbonyl (C=O) groups excluding carboxylic acids is 1. The number of amides is 1. The highest BCUT2D eigenvalue weighted by molar-refractivity contribution is 8.14. The van der Waals surface area contributed by atoms with Gasteiger partial charge in [0.1, 0.15) is 0 Å². The van der Waals surface area contributed by atoms with Crippen LogP contribution in [0.2, 0.25) is 0 Å². The largest absolute Gasteiger partial charge is 0.325 e. The predicted octanol–water partition coefficient (Wildman–Crippen LogP) is 3.24. The first-order valence-electron chi connectivity index (χ1n) is 9.66. The number of nitrogens with zero attached hydrogens (tertiary/aromatic N) is 6. The molecule has 0 saturated carbocycles. The fourth-order valence-electron chi connectivity index (χ4n) is 3.49. The summed E-state index contributed by atoms with van der Waals surface area (Å²) in [6.07, 6.45) is 0.876. The average Bonchev–Trinajstić information content (AvgIpc) is 3.48. The van der Waals surface area contributed by atoms with E-state index >= 15 is 0 Å². The molecule has 3 aromatic rings. The molecule has 0 radical (unpaired) electrons. The first-order valence-corrected chi connectivity index (χ1v) is 11.5. The molecule has 2 aliphatic rings. The van der Waals surface area contributed by atoms with Gasteiger partial charge in [-0.25, -0.2) is 0 Å². The summed E-state index contributed by atoms with van der Waals surface area (Å²) in [6.45, 7) is 3.81. The SMILES string of the molecule is CCc1ccccc1-n1nnnc1SCC(=O)Nc1ccc2c(c1)N1CCN=C1S2. The summed E-state index contributed by atoms with van der Waals surface area (Å²) in [7, 11) is 0. The van der Waals surface area contributed by atoms with Crippen molar-refractivity contribution in [1.29, 1.82) is 0 Å². The summed E-state index contributed by atoms with van der Waals surface area (Å²) < 4.78 is 1.69. The highest BCUT2D eigenvalue weighted by Gasteiger charge is 2.29. The number of hydrogen-bond donors (Lipinski definition) is 1. The van der Waals surface area contributed by atoms with Crippen LogP contribution in [0, 0.1) is 0 Å². The van der Waals surface area contributed by atoms with Crippen molar-refractivity contribution in [3.63, 3.8) is 0 Å². The molecular weight excluding hydrogens is 418 g/mol. The molecule has 30 heavy (non-hydrogen) atoms. The number of para-hydroxylation sites is 1. The maximum Gasteiger partial charge on any atom is 0.234 e. The molecular formula is C20H19N7OS2. The molecule has 0 fully saturated rings. The van der Waals surface area contributed by atoms with E-state index in [4.69, 9.17) is 0 Å². The number of carbonyl (C=O) groups is 1. The van der Waals surface area contributed by atoms with Crippen LogP contribution in [0.5, 0.6) is 0 Å². The van der Waals surface area contributed by atoms with Crippen molar-refractivity contribution in [3.05, 3.63) is 48.0 Å². The Morgan fingerprint density at radius 3 is 3.03 bits per heavy atom. The molecule has 0 spiro atoms. The van der Waals surface area contributed by atoms with E-state index in [1.165, 1.54) is 16.7 Å². The van der Waals surface area contributed by atoms with Gasteiger partial charge < -0.3 is 10.2 Å². The van der Waals surface area contributed by atoms with Crippen molar-refractivity contribution in [2.75, 3.05) is 29.1 Å². The number of amidine groups is 1. The average molecular weight is 438 g/mol. The van der Waals surface area contributed by atoms with Gasteiger partial charge in [-0.2, -0.15) is 4.68 Å². The topological polar surface area (TPSA) is 88.3 Å². The molecule has 2 aliphatic heterocycles. The minimum absolute atomic E-state index is 0.0979. The normalized spacial score (nSPS) is 14.4. The van der Waals surface area contributed by atoms with Gasteiger partial charge in [0.2, 0.25) is 11.1 Å². The summed E-state index contributed by atoms with van der Waals surface area (Å²) in [5, 5.41) is 16.6. The van der Waals surface area contributed by atoms with Crippen LogP contribution >= 0.6 is 23.5 Å². The van der Waals surface area contributed by atoms with Gasteiger partial charge in [-0.3, -0.25) is 9.79 Å². The Morgan fingerprint density at radius 1 is 1.23 bits per heavy atom. The number of thioether (sulfide) groups is 2. The Kier molecular flexibility index (Phi) is 5.17. The van der Waals surface area contributed by atoms with Crippen LogP contribution in [0.4, 0.5) is 11.4 Å². The lowest BCUT2D eigenvalue weighted by atomic mass is 10.1. The van der Waals surface area contributed by atoms with Crippen molar-refractivity contribution >= 4 is 46.0 Å². The highest BCUT2D eigenvalue weighted by Crippen LogP contribution is 2.43. The molecule has 0 saturated heterocycles. The number of hydrogen-bond acceptors (Lipinski definition) is 8. The van der Waals surface area contributed by atoms with Gasteiger partial charge in [0.15, 0.2) is 5.17 Å². The van der Waals surface area contributed by atoms with Gasteiger partial charge in [-0.05, 0) is 58.4 Å². The lowest BCUT2D eigenvalue weighted by molar-refractivity contribution is -0.113. The first kappa shape index (κ1) is 19.1. The third-order valence-electron chi connectivity index (χ3n) is 4.91. The molecule has 1 N–H and O–H groups in total. The van der Waals surface area contributed by atoms with E-state index in [9.17, 15) is 4.79 Å². The van der Waals surface area contributed by atoms with Crippen LogP contribution in [0.3, 0.4) is 0 Å². The zero-order chi connectivity index (χ0) is 20.5. The number of anilines is 2. The molecule has 0 atom stereocenters. The van der Waals surface area contributed by atoms with Crippen LogP contribution in [-0.4, -0.2) is 50.1 Å². The van der Waals surface area contributed by atoms with Crippen LogP contribution in [0.15, 0.2) is 57.5 Å². The minimum atomic E-state index is -0.0979. The van der Waals surface area contributed by atoms with Gasteiger partial charge in [0, 0.05) is 17.1 Å². The second-order valence-electron chi connectivity index (χ2n) is 6.79. The Balaban J connectivity index is 1.26. The van der Waals surface area contributed by atoms with E-state index in [2.05, 4.69) is 43.7 Å². The van der Waals surface area contributed by atoms with E-state index in [1.54, 1.807) is 16.4 Å². The van der Waals surface area contributed by atoms with Crippen molar-refractivity contribution in [3.8, 4) is 5.69 Å². The number of benzene rings is 2. The lowest BCUT2D eigenvalue weighted by Gasteiger charge is -2.13. The van der Waals surface area contributed by atoms with Gasteiger partial charge in [-0.15, -0.1) is 5.10 Å². The number of fused-ring (bicyclic) bond motifs is 3. The highest BCUT2D eigenvalue weighted by atomic mass is 32.2. The van der Waals surface area contributed by atoms with E-state index in [-0.39, 0.29) is 11.7 Å². The molecule has 1 aromatic heterocycles. The van der Waals surface area contributed by atoms with Crippen molar-refractivity contribution in [2.45, 2.75) is 23.4 Å². The van der Waals surface area contributed by atoms with Crippen LogP contribution < -0.4 is 10.2 Å². The maximum absolute atomic E-state index is 12.6. The molecule has 152 valence electrons. The monoisotopic (exact) mass is 437 g/mol. The molecule has 3 heterocycles. The van der Waals surface area contributed by atoms with Gasteiger partial charge in [-0.1, -0.05) is 36.9 Å². The molecule has 2 aromatic carbocycles. The molecule has 0 unspecified atom stereocenters. The van der Waals surface area contributed by atoms with Gasteiger partial charge >= 0.3 is 0 Å². The summed E-state index contributed by atoms with van der Waals surface area (Å²) in [6, 6.07) is 14.0. The number of aromatic nitrogens is 4. The van der Waals surface area contributed by atoms with E-state index in [0.717, 1.165) is 47.3 Å². The van der Waals surface area contributed by atoms with Crippen molar-refractivity contribution in [1.82, 2.24) is 20.2 Å². The molecule has 1 amide bonds. The van der Waals surface area contributed by atoms with Crippen LogP contribution in [0.25, 0.3) is 5.69 Å². The van der Waals surface area contributed by atoms with Gasteiger partial charge in [0.05, 0.1) is 23.7 Å². The second-order valence-corrected chi connectivity index (χ2v) is 8.74. The molecule has 8 nitrogen and oxygen atoms in total. The van der Waals surface area contributed by atoms with Crippen LogP contribution in [0.1, 0.15) is 12.5 Å². The smallest absolute Gasteiger partial charge is 0.234 e. The Morgan fingerprint density at radius 2 is 2.13 bits per heavy atom. The van der Waals surface area contributed by atoms with E-state index in [1.807, 2.05) is 36.4 Å². The Labute approximate surface area is 182 Å². The molecule has 0 aliphatic carbocycles. The first-order chi connectivity index (χ1) is 14.7. The zero-order valence-corrected chi connectivity index (χ0v) is 17.9. The Hall–Kier alpha value is -2.85. The standard InChI is InChI=1S/C20H19N7OS2/c1-2-13-5-3-4-6-15(13)27-20(23-24-25-27)29-12-18(28)22-14-7-8-17-16(11-14)26-10-9-21-19(26)30-17/h3-8,11H,2,9-10,12H2,1H3,(H,22,28). The lowest BCUT2D eigenvalue weighted by Crippen LogP contribution is -2.21. The number of aliphatic imine (C=N–C) groups is 1. The quantitative estimate of drug-likeness (QED) is 0.592. The van der Waals surface area contributed by atoms with E-state index in [0.29, 0.717) is 5.16 Å². The third-order valence-corrected chi connectivity index (χ3v) is 6.93. The summed E-state index contributed by atoms with van der Waals surface area (Å²) in [4.78, 5) is 20.4. The van der Waals surface area contributed by atoms with Crippen molar-refractivity contribution < 1.29 is 4.79 Å². The number of tetrazole rings is 1. The summed E-state index contributed by atoms with van der Waals surface area (Å²) >= 11 is 3.00. The molecule has 5 rings (SSSR count). The third kappa shape index (κ3) is 3.56. The summed E-state index contributed by atoms with van der Waals surface area (Å²) in [5.74, 6) is 0.121. The minimum Gasteiger partial charge on any atom is -0.325 e. The van der Waals surface area contributed by atoms with Crippen molar-refractivity contribution in [2.24, 2.45) is 4.99 Å². The predicted molar refractivity (Wildman–Crippen MR) is 120 cm³/mol.